The number of hydrogen-bond acceptors (Lipinski definition) is 3. The van der Waals surface area contributed by atoms with E-state index in [0.29, 0.717) is 13.0 Å². The summed E-state index contributed by atoms with van der Waals surface area (Å²) in [5.41, 5.74) is 0. The lowest BCUT2D eigenvalue weighted by molar-refractivity contribution is -0.146. The first-order chi connectivity index (χ1) is 7.68. The Morgan fingerprint density at radius 3 is 2.69 bits per heavy atom. The molecule has 2 rings (SSSR count). The van der Waals surface area contributed by atoms with Gasteiger partial charge in [-0.15, -0.1) is 0 Å². The SMILES string of the molecule is O=C(O)[C@H]1CCCN(C(=O)C2CCNC2)C1. The van der Waals surface area contributed by atoms with Crippen molar-refractivity contribution in [1.29, 1.82) is 0 Å². The smallest absolute Gasteiger partial charge is 0.308 e. The van der Waals surface area contributed by atoms with Crippen LogP contribution < -0.4 is 5.32 Å². The molecule has 1 unspecified atom stereocenters. The van der Waals surface area contributed by atoms with E-state index < -0.39 is 5.97 Å². The molecular weight excluding hydrogens is 208 g/mol. The van der Waals surface area contributed by atoms with Crippen LogP contribution in [0.2, 0.25) is 0 Å². The summed E-state index contributed by atoms with van der Waals surface area (Å²) in [6.45, 7) is 2.75. The molecule has 2 N–H and O–H groups in total. The minimum Gasteiger partial charge on any atom is -0.481 e. The summed E-state index contributed by atoms with van der Waals surface area (Å²) in [5, 5.41) is 12.1. The van der Waals surface area contributed by atoms with Crippen LogP contribution in [0.25, 0.3) is 0 Å². The Morgan fingerprint density at radius 2 is 2.06 bits per heavy atom. The fourth-order valence-corrected chi connectivity index (χ4v) is 2.50. The van der Waals surface area contributed by atoms with Crippen molar-refractivity contribution in [3.63, 3.8) is 0 Å². The van der Waals surface area contributed by atoms with Crippen LogP contribution in [0.1, 0.15) is 19.3 Å². The maximum atomic E-state index is 12.1. The first kappa shape index (κ1) is 11.4. The van der Waals surface area contributed by atoms with Gasteiger partial charge in [-0.2, -0.15) is 0 Å². The Hall–Kier alpha value is -1.10. The number of nitrogens with zero attached hydrogens (tertiary/aromatic N) is 1. The zero-order chi connectivity index (χ0) is 11.5. The number of piperidine rings is 1. The zero-order valence-corrected chi connectivity index (χ0v) is 9.32. The second-order valence-electron chi connectivity index (χ2n) is 4.65. The number of likely N-dealkylation sites (tertiary alicyclic amines) is 1. The van der Waals surface area contributed by atoms with Gasteiger partial charge in [-0.05, 0) is 25.8 Å². The molecule has 0 aromatic rings. The Balaban J connectivity index is 1.93. The Bertz CT molecular complexity index is 287. The highest BCUT2D eigenvalue weighted by atomic mass is 16.4. The van der Waals surface area contributed by atoms with Gasteiger partial charge in [0, 0.05) is 19.6 Å². The van der Waals surface area contributed by atoms with E-state index in [9.17, 15) is 9.59 Å². The van der Waals surface area contributed by atoms with Gasteiger partial charge in [0.1, 0.15) is 0 Å². The number of nitrogens with one attached hydrogen (secondary N) is 1. The number of aliphatic carboxylic acids is 1. The van der Waals surface area contributed by atoms with Crippen LogP contribution in [0.15, 0.2) is 0 Å². The second kappa shape index (κ2) is 4.82. The molecule has 2 fully saturated rings. The molecular formula is C11H18N2O3. The Kier molecular flexibility index (Phi) is 3.43. The summed E-state index contributed by atoms with van der Waals surface area (Å²) in [6, 6.07) is 0. The van der Waals surface area contributed by atoms with Crippen LogP contribution in [0, 0.1) is 11.8 Å². The standard InChI is InChI=1S/C11H18N2O3/c14-10(8-3-4-12-6-8)13-5-1-2-9(7-13)11(15)16/h8-9,12H,1-7H2,(H,15,16)/t8?,9-/m0/s1. The molecule has 5 heteroatoms. The van der Waals surface area contributed by atoms with Crippen LogP contribution in [0.3, 0.4) is 0 Å². The van der Waals surface area contributed by atoms with Crippen molar-refractivity contribution in [3.05, 3.63) is 0 Å². The van der Waals surface area contributed by atoms with Crippen LogP contribution in [-0.2, 0) is 9.59 Å². The molecule has 0 spiro atoms. The van der Waals surface area contributed by atoms with E-state index in [2.05, 4.69) is 5.32 Å². The average Bonchev–Trinajstić information content (AvgIpc) is 2.81. The van der Waals surface area contributed by atoms with E-state index in [1.165, 1.54) is 0 Å². The van der Waals surface area contributed by atoms with E-state index in [1.54, 1.807) is 4.90 Å². The minimum absolute atomic E-state index is 0.0625. The van der Waals surface area contributed by atoms with Crippen molar-refractivity contribution >= 4 is 11.9 Å². The number of amides is 1. The van der Waals surface area contributed by atoms with Crippen molar-refractivity contribution in [2.75, 3.05) is 26.2 Å². The first-order valence-electron chi connectivity index (χ1n) is 5.91. The van der Waals surface area contributed by atoms with Crippen molar-refractivity contribution in [3.8, 4) is 0 Å². The highest BCUT2D eigenvalue weighted by Gasteiger charge is 2.32. The van der Waals surface area contributed by atoms with Gasteiger partial charge in [0.15, 0.2) is 0 Å². The van der Waals surface area contributed by atoms with E-state index in [-0.39, 0.29) is 17.7 Å². The molecule has 0 aliphatic carbocycles. The van der Waals surface area contributed by atoms with Gasteiger partial charge in [-0.3, -0.25) is 9.59 Å². The molecule has 5 nitrogen and oxygen atoms in total. The topological polar surface area (TPSA) is 69.6 Å². The molecule has 0 radical (unpaired) electrons. The molecule has 1 amide bonds. The third-order valence-electron chi connectivity index (χ3n) is 3.49. The molecule has 90 valence electrons. The Labute approximate surface area is 94.8 Å². The fraction of sp³-hybridized carbons (Fsp3) is 0.818. The summed E-state index contributed by atoms with van der Waals surface area (Å²) in [7, 11) is 0. The number of carboxylic acids is 1. The molecule has 16 heavy (non-hydrogen) atoms. The summed E-state index contributed by atoms with van der Waals surface area (Å²) >= 11 is 0. The molecule has 2 atom stereocenters. The van der Waals surface area contributed by atoms with Crippen molar-refractivity contribution < 1.29 is 14.7 Å². The van der Waals surface area contributed by atoms with E-state index >= 15 is 0 Å². The van der Waals surface area contributed by atoms with Gasteiger partial charge in [0.2, 0.25) is 5.91 Å². The number of hydrogen-bond donors (Lipinski definition) is 2. The summed E-state index contributed by atoms with van der Waals surface area (Å²) in [5.74, 6) is -0.947. The maximum Gasteiger partial charge on any atom is 0.308 e. The lowest BCUT2D eigenvalue weighted by Gasteiger charge is -2.32. The largest absolute Gasteiger partial charge is 0.481 e. The lowest BCUT2D eigenvalue weighted by Crippen LogP contribution is -2.45. The lowest BCUT2D eigenvalue weighted by atomic mass is 9.96. The highest BCUT2D eigenvalue weighted by Crippen LogP contribution is 2.20. The van der Waals surface area contributed by atoms with Gasteiger partial charge >= 0.3 is 5.97 Å². The normalized spacial score (nSPS) is 30.4. The van der Waals surface area contributed by atoms with E-state index in [4.69, 9.17) is 5.11 Å². The number of carbonyl (C=O) groups excluding carboxylic acids is 1. The second-order valence-corrected chi connectivity index (χ2v) is 4.65. The first-order valence-corrected chi connectivity index (χ1v) is 5.91. The molecule has 2 aliphatic rings. The van der Waals surface area contributed by atoms with Gasteiger partial charge in [-0.25, -0.2) is 0 Å². The molecule has 0 aromatic heterocycles. The molecule has 2 heterocycles. The summed E-state index contributed by atoms with van der Waals surface area (Å²) in [6.07, 6.45) is 2.39. The van der Waals surface area contributed by atoms with Crippen molar-refractivity contribution in [2.24, 2.45) is 11.8 Å². The van der Waals surface area contributed by atoms with Crippen molar-refractivity contribution in [1.82, 2.24) is 10.2 Å². The molecule has 0 bridgehead atoms. The molecule has 0 saturated carbocycles. The van der Waals surface area contributed by atoms with Gasteiger partial charge in [0.05, 0.1) is 11.8 Å². The Morgan fingerprint density at radius 1 is 1.25 bits per heavy atom. The van der Waals surface area contributed by atoms with E-state index in [0.717, 1.165) is 32.5 Å². The summed E-state index contributed by atoms with van der Waals surface area (Å²) < 4.78 is 0. The highest BCUT2D eigenvalue weighted by molar-refractivity contribution is 5.80. The molecule has 2 aliphatic heterocycles. The maximum absolute atomic E-state index is 12.1. The fourth-order valence-electron chi connectivity index (χ4n) is 2.50. The van der Waals surface area contributed by atoms with Crippen LogP contribution in [-0.4, -0.2) is 48.1 Å². The molecule has 0 aromatic carbocycles. The minimum atomic E-state index is -0.776. The quantitative estimate of drug-likeness (QED) is 0.691. The predicted octanol–water partition coefficient (Wildman–Crippen LogP) is -0.0809. The van der Waals surface area contributed by atoms with Gasteiger partial charge in [-0.1, -0.05) is 0 Å². The van der Waals surface area contributed by atoms with Crippen molar-refractivity contribution in [2.45, 2.75) is 19.3 Å². The number of carboxylic acid groups (broad SMARTS) is 1. The van der Waals surface area contributed by atoms with E-state index in [1.807, 2.05) is 0 Å². The van der Waals surface area contributed by atoms with Crippen LogP contribution in [0.4, 0.5) is 0 Å². The number of rotatable bonds is 2. The zero-order valence-electron chi connectivity index (χ0n) is 9.32. The number of carbonyl (C=O) groups is 2. The predicted molar refractivity (Wildman–Crippen MR) is 57.9 cm³/mol. The van der Waals surface area contributed by atoms with Gasteiger partial charge in [0.25, 0.3) is 0 Å². The third-order valence-corrected chi connectivity index (χ3v) is 3.49. The monoisotopic (exact) mass is 226 g/mol. The van der Waals surface area contributed by atoms with Crippen LogP contribution >= 0.6 is 0 Å². The summed E-state index contributed by atoms with van der Waals surface area (Å²) in [4.78, 5) is 24.7. The van der Waals surface area contributed by atoms with Gasteiger partial charge < -0.3 is 15.3 Å². The average molecular weight is 226 g/mol. The molecule has 2 saturated heterocycles. The third kappa shape index (κ3) is 2.35. The van der Waals surface area contributed by atoms with Crippen LogP contribution in [0.5, 0.6) is 0 Å².